The minimum atomic E-state index is -6.19. The van der Waals surface area contributed by atoms with Crippen LogP contribution in [-0.2, 0) is 5.67 Å². The predicted octanol–water partition coefficient (Wildman–Crippen LogP) is 4.28. The first-order valence-electron chi connectivity index (χ1n) is 7.41. The molecular formula is C17H16F6N2O2. The van der Waals surface area contributed by atoms with Gasteiger partial charge in [-0.3, -0.25) is 0 Å². The van der Waals surface area contributed by atoms with E-state index in [1.165, 1.54) is 0 Å². The second kappa shape index (κ2) is 6.75. The zero-order chi connectivity index (χ0) is 20.6. The van der Waals surface area contributed by atoms with Crippen molar-refractivity contribution in [1.82, 2.24) is 0 Å². The molecule has 0 aliphatic carbocycles. The molecule has 0 fully saturated rings. The molecule has 0 saturated heterocycles. The summed E-state index contributed by atoms with van der Waals surface area (Å²) in [4.78, 5) is 0. The summed E-state index contributed by atoms with van der Waals surface area (Å²) in [6.45, 7) is 0. The third kappa shape index (κ3) is 3.19. The fourth-order valence-electron chi connectivity index (χ4n) is 2.58. The Bertz CT molecular complexity index is 785. The molecule has 4 nitrogen and oxygen atoms in total. The Morgan fingerprint density at radius 3 is 1.37 bits per heavy atom. The van der Waals surface area contributed by atoms with Crippen molar-refractivity contribution in [1.29, 1.82) is 0 Å². The maximum atomic E-state index is 15.8. The zero-order valence-corrected chi connectivity index (χ0v) is 14.2. The van der Waals surface area contributed by atoms with E-state index in [1.54, 1.807) is 0 Å². The number of benzene rings is 2. The number of nitrogens with two attached hydrogens (primary N) is 2. The minimum absolute atomic E-state index is 0.0613. The predicted molar refractivity (Wildman–Crippen MR) is 87.7 cm³/mol. The SMILES string of the molecule is COc1cc(C(F)(c2ccc(N)c(OC)c2)C(F)(F)C(F)(F)F)ccc1N. The molecule has 2 aromatic rings. The average Bonchev–Trinajstić information content (AvgIpc) is 2.60. The first-order chi connectivity index (χ1) is 12.4. The maximum absolute atomic E-state index is 15.8. The molecule has 0 aliphatic rings. The van der Waals surface area contributed by atoms with E-state index in [0.717, 1.165) is 38.5 Å². The maximum Gasteiger partial charge on any atom is 0.457 e. The molecule has 2 aromatic carbocycles. The lowest BCUT2D eigenvalue weighted by Gasteiger charge is -2.35. The van der Waals surface area contributed by atoms with Crippen molar-refractivity contribution >= 4 is 11.4 Å². The summed E-state index contributed by atoms with van der Waals surface area (Å²) in [5.41, 5.74) is 4.68. The van der Waals surface area contributed by atoms with Crippen LogP contribution < -0.4 is 20.9 Å². The molecule has 0 saturated carbocycles. The average molecular weight is 394 g/mol. The second-order valence-electron chi connectivity index (χ2n) is 5.64. The van der Waals surface area contributed by atoms with E-state index in [0.29, 0.717) is 12.1 Å². The van der Waals surface area contributed by atoms with Gasteiger partial charge in [-0.05, 0) is 24.3 Å². The molecule has 148 valence electrons. The van der Waals surface area contributed by atoms with Crippen molar-refractivity contribution in [3.63, 3.8) is 0 Å². The van der Waals surface area contributed by atoms with Gasteiger partial charge in [0.1, 0.15) is 11.5 Å². The Morgan fingerprint density at radius 2 is 1.07 bits per heavy atom. The van der Waals surface area contributed by atoms with Crippen molar-refractivity contribution in [2.75, 3.05) is 25.7 Å². The van der Waals surface area contributed by atoms with Gasteiger partial charge in [-0.25, -0.2) is 4.39 Å². The van der Waals surface area contributed by atoms with E-state index in [1.807, 2.05) is 0 Å². The number of hydrogen-bond donors (Lipinski definition) is 2. The quantitative estimate of drug-likeness (QED) is 0.587. The third-order valence-corrected chi connectivity index (χ3v) is 4.05. The largest absolute Gasteiger partial charge is 0.495 e. The third-order valence-electron chi connectivity index (χ3n) is 4.05. The Labute approximate surface area is 150 Å². The van der Waals surface area contributed by atoms with Crippen molar-refractivity contribution in [2.24, 2.45) is 0 Å². The van der Waals surface area contributed by atoms with E-state index in [4.69, 9.17) is 20.9 Å². The van der Waals surface area contributed by atoms with Crippen LogP contribution in [0.3, 0.4) is 0 Å². The highest BCUT2D eigenvalue weighted by Gasteiger charge is 2.72. The standard InChI is InChI=1S/C17H16F6N2O2/c1-26-13-7-9(3-5-11(13)24)15(18,16(19,20)17(21,22)23)10-4-6-12(25)14(8-10)27-2/h3-8H,24-25H2,1-2H3. The number of halogens is 6. The summed E-state index contributed by atoms with van der Waals surface area (Å²) >= 11 is 0. The van der Waals surface area contributed by atoms with Gasteiger partial charge in [-0.1, -0.05) is 12.1 Å². The molecule has 0 radical (unpaired) electrons. The summed E-state index contributed by atoms with van der Waals surface area (Å²) in [5.74, 6) is -6.30. The molecule has 0 atom stereocenters. The van der Waals surface area contributed by atoms with Gasteiger partial charge in [0.05, 0.1) is 25.6 Å². The van der Waals surface area contributed by atoms with Crippen LogP contribution in [0.15, 0.2) is 36.4 Å². The molecule has 0 bridgehead atoms. The molecule has 0 spiro atoms. The van der Waals surface area contributed by atoms with Crippen LogP contribution in [0.5, 0.6) is 11.5 Å². The summed E-state index contributed by atoms with van der Waals surface area (Å²) < 4.78 is 93.5. The first kappa shape index (κ1) is 20.5. The highest BCUT2D eigenvalue weighted by Crippen LogP contribution is 2.55. The molecule has 10 heteroatoms. The molecule has 2 rings (SSSR count). The van der Waals surface area contributed by atoms with Gasteiger partial charge in [0, 0.05) is 11.1 Å². The Hall–Kier alpha value is -2.78. The zero-order valence-electron chi connectivity index (χ0n) is 14.2. The smallest absolute Gasteiger partial charge is 0.457 e. The highest BCUT2D eigenvalue weighted by molar-refractivity contribution is 5.59. The molecule has 0 aromatic heterocycles. The second-order valence-corrected chi connectivity index (χ2v) is 5.64. The van der Waals surface area contributed by atoms with Crippen LogP contribution in [0, 0.1) is 0 Å². The van der Waals surface area contributed by atoms with Crippen LogP contribution in [0.4, 0.5) is 37.7 Å². The number of methoxy groups -OCH3 is 2. The number of ether oxygens (including phenoxy) is 2. The lowest BCUT2D eigenvalue weighted by atomic mass is 9.81. The molecule has 0 heterocycles. The minimum Gasteiger partial charge on any atom is -0.495 e. The number of nitrogen functional groups attached to an aromatic ring is 2. The summed E-state index contributed by atoms with van der Waals surface area (Å²) in [7, 11) is 2.23. The monoisotopic (exact) mass is 394 g/mol. The fraction of sp³-hybridized carbons (Fsp3) is 0.294. The van der Waals surface area contributed by atoms with Crippen LogP contribution in [0.25, 0.3) is 0 Å². The molecule has 0 aliphatic heterocycles. The van der Waals surface area contributed by atoms with Crippen LogP contribution in [0.2, 0.25) is 0 Å². The Kier molecular flexibility index (Phi) is 5.13. The number of hydrogen-bond acceptors (Lipinski definition) is 4. The molecule has 0 amide bonds. The van der Waals surface area contributed by atoms with Gasteiger partial charge in [0.25, 0.3) is 0 Å². The Morgan fingerprint density at radius 1 is 0.704 bits per heavy atom. The van der Waals surface area contributed by atoms with Crippen LogP contribution in [-0.4, -0.2) is 26.3 Å². The fourth-order valence-corrected chi connectivity index (χ4v) is 2.58. The summed E-state index contributed by atoms with van der Waals surface area (Å²) in [6.07, 6.45) is -6.19. The lowest BCUT2D eigenvalue weighted by molar-refractivity contribution is -0.323. The van der Waals surface area contributed by atoms with E-state index < -0.39 is 28.9 Å². The first-order valence-corrected chi connectivity index (χ1v) is 7.41. The normalized spacial score (nSPS) is 12.7. The van der Waals surface area contributed by atoms with E-state index in [-0.39, 0.29) is 22.9 Å². The number of rotatable bonds is 5. The number of alkyl halides is 6. The van der Waals surface area contributed by atoms with Gasteiger partial charge in [-0.2, -0.15) is 22.0 Å². The lowest BCUT2D eigenvalue weighted by Crippen LogP contribution is -2.53. The molecule has 27 heavy (non-hydrogen) atoms. The van der Waals surface area contributed by atoms with Crippen molar-refractivity contribution in [2.45, 2.75) is 17.8 Å². The molecule has 0 unspecified atom stereocenters. The van der Waals surface area contributed by atoms with Crippen molar-refractivity contribution in [3.05, 3.63) is 47.5 Å². The number of anilines is 2. The van der Waals surface area contributed by atoms with E-state index in [2.05, 4.69) is 0 Å². The van der Waals surface area contributed by atoms with Gasteiger partial charge in [0.2, 0.25) is 5.67 Å². The van der Waals surface area contributed by atoms with E-state index in [9.17, 15) is 22.0 Å². The van der Waals surface area contributed by atoms with Gasteiger partial charge in [-0.15, -0.1) is 0 Å². The Balaban J connectivity index is 2.85. The van der Waals surface area contributed by atoms with Gasteiger partial charge >= 0.3 is 12.1 Å². The summed E-state index contributed by atoms with van der Waals surface area (Å²) in [5, 5.41) is 0. The molecular weight excluding hydrogens is 378 g/mol. The topological polar surface area (TPSA) is 70.5 Å². The van der Waals surface area contributed by atoms with Crippen LogP contribution in [0.1, 0.15) is 11.1 Å². The van der Waals surface area contributed by atoms with E-state index >= 15 is 4.39 Å². The van der Waals surface area contributed by atoms with Crippen molar-refractivity contribution in [3.8, 4) is 11.5 Å². The van der Waals surface area contributed by atoms with Crippen molar-refractivity contribution < 1.29 is 35.8 Å². The highest BCUT2D eigenvalue weighted by atomic mass is 19.4. The van der Waals surface area contributed by atoms with Gasteiger partial charge < -0.3 is 20.9 Å². The van der Waals surface area contributed by atoms with Gasteiger partial charge in [0.15, 0.2) is 0 Å². The molecule has 4 N–H and O–H groups in total. The van der Waals surface area contributed by atoms with Crippen LogP contribution >= 0.6 is 0 Å². The summed E-state index contributed by atoms with van der Waals surface area (Å²) in [6, 6.07) is 4.81.